The van der Waals surface area contributed by atoms with E-state index < -0.39 is 103 Å². The van der Waals surface area contributed by atoms with Crippen LogP contribution in [0.5, 0.6) is 0 Å². The van der Waals surface area contributed by atoms with Crippen molar-refractivity contribution in [2.75, 3.05) is 120 Å². The summed E-state index contributed by atoms with van der Waals surface area (Å²) in [5.74, 6) is -0.668. The summed E-state index contributed by atoms with van der Waals surface area (Å²) in [7, 11) is 5.17. The highest BCUT2D eigenvalue weighted by molar-refractivity contribution is 8.14. The summed E-state index contributed by atoms with van der Waals surface area (Å²) >= 11 is 6.64. The Hall–Kier alpha value is -7.59. The van der Waals surface area contributed by atoms with E-state index in [1.54, 1.807) is 90.5 Å². The minimum atomic E-state index is -3.93. The van der Waals surface area contributed by atoms with Crippen molar-refractivity contribution in [3.63, 3.8) is 0 Å². The van der Waals surface area contributed by atoms with E-state index in [1.165, 1.54) is 75.2 Å². The number of esters is 3. The van der Waals surface area contributed by atoms with Crippen LogP contribution in [0.1, 0.15) is 139 Å². The topological polar surface area (TPSA) is 469 Å². The van der Waals surface area contributed by atoms with Crippen molar-refractivity contribution in [3.8, 4) is 0 Å². The highest BCUT2D eigenvalue weighted by atomic mass is 35.7. The second-order valence-electron chi connectivity index (χ2n) is 29.0. The van der Waals surface area contributed by atoms with Gasteiger partial charge >= 0.3 is 69.1 Å². The fraction of sp³-hybridized carbons (Fsp3) is 0.577. The molecule has 6 rings (SSSR count). The number of ether oxygens (including phenoxy) is 8. The molecule has 3 fully saturated rings. The smallest absolute Gasteiger partial charge is 0.410 e. The zero-order valence-electron chi connectivity index (χ0n) is 70.4. The molecule has 34 nitrogen and oxygen atoms in total. The van der Waals surface area contributed by atoms with Crippen LogP contribution in [0.15, 0.2) is 103 Å². The Morgan fingerprint density at radius 3 is 1.20 bits per heavy atom. The number of hydrogen-bond donors (Lipinski definition) is 7. The van der Waals surface area contributed by atoms with Gasteiger partial charge in [-0.15, -0.1) is 0 Å². The molecule has 686 valence electrons. The van der Waals surface area contributed by atoms with Crippen LogP contribution in [0.25, 0.3) is 0 Å². The molecule has 5 unspecified atom stereocenters. The molecule has 0 aliphatic carbocycles. The lowest BCUT2D eigenvalue weighted by Gasteiger charge is -2.24. The first kappa shape index (κ1) is 114. The van der Waals surface area contributed by atoms with E-state index in [0.717, 1.165) is 54.0 Å². The van der Waals surface area contributed by atoms with Gasteiger partial charge in [-0.05, 0) is 227 Å². The number of anilines is 2. The SMILES string of the molecule is C.C=CCOC(=O)N1CC(SC(=O)OC(C)(C)C)C[C@H]1CNc1cccc(C(=O)NC(CCSC)C(=O)OC)c1.C=CCOC(=O)N1C[C@@H](SC(=O)OC(C)(C)C)C[C@H]1CN.COC(=O)C(CCSC)NC(=O)c1cccc(NC[C@@H]2CC(SC(=O)OC(C)(C)C)CN2)c1.COC(=O)C(CCSC)NC(=O)c1cccc(S(=O)(=O)Cl)c1.O=S=O.O=S=O. The third-order valence-electron chi connectivity index (χ3n) is 16.2. The second kappa shape index (κ2) is 60.9. The molecule has 0 bridgehead atoms. The Morgan fingerprint density at radius 1 is 0.533 bits per heavy atom. The van der Waals surface area contributed by atoms with Gasteiger partial charge in [0.25, 0.3) is 26.8 Å². The Labute approximate surface area is 752 Å². The molecule has 0 spiro atoms. The van der Waals surface area contributed by atoms with E-state index in [-0.39, 0.29) is 92.7 Å². The predicted molar refractivity (Wildman–Crippen MR) is 484 cm³/mol. The Balaban J connectivity index is 0.00000160. The van der Waals surface area contributed by atoms with Crippen LogP contribution in [-0.4, -0.2) is 277 Å². The molecule has 3 aliphatic heterocycles. The van der Waals surface area contributed by atoms with Gasteiger partial charge in [-0.2, -0.15) is 52.1 Å². The summed E-state index contributed by atoms with van der Waals surface area (Å²) in [6.07, 6.45) is 11.3. The van der Waals surface area contributed by atoms with Crippen molar-refractivity contribution >= 4 is 189 Å². The lowest BCUT2D eigenvalue weighted by atomic mass is 10.1. The van der Waals surface area contributed by atoms with Gasteiger partial charge in [0.1, 0.15) is 48.1 Å². The van der Waals surface area contributed by atoms with Crippen molar-refractivity contribution < 1.29 is 116 Å². The number of benzene rings is 3. The fourth-order valence-corrected chi connectivity index (χ4v) is 16.4. The van der Waals surface area contributed by atoms with Crippen LogP contribution in [-0.2, 0) is 84.5 Å². The van der Waals surface area contributed by atoms with Gasteiger partial charge in [0, 0.05) is 106 Å². The van der Waals surface area contributed by atoms with Gasteiger partial charge in [-0.3, -0.25) is 14.4 Å². The van der Waals surface area contributed by atoms with Crippen LogP contribution in [0, 0.1) is 0 Å². The van der Waals surface area contributed by atoms with E-state index in [2.05, 4.69) is 49.8 Å². The van der Waals surface area contributed by atoms with E-state index in [1.807, 2.05) is 72.4 Å². The summed E-state index contributed by atoms with van der Waals surface area (Å²) in [6, 6.07) is 17.0. The first-order chi connectivity index (χ1) is 57.0. The highest BCUT2D eigenvalue weighted by Crippen LogP contribution is 2.33. The molecule has 0 radical (unpaired) electrons. The number of nitrogens with zero attached hydrogens (tertiary/aromatic N) is 2. The minimum absolute atomic E-state index is 0. The molecule has 122 heavy (non-hydrogen) atoms. The maximum absolute atomic E-state index is 12.9. The van der Waals surface area contributed by atoms with Crippen LogP contribution < -0.4 is 37.6 Å². The molecule has 9 atom stereocenters. The van der Waals surface area contributed by atoms with E-state index >= 15 is 0 Å². The first-order valence-electron chi connectivity index (χ1n) is 37.4. The standard InChI is InChI=1S/C27H39N3O7S2.C23H35N3O5S2.C14H24N2O4S.C13H16ClNO5S2.CH4.2O2S/c1-7-12-36-25(33)30-17-21(39-26(34)37-27(2,3)4)15-20(30)16-28-19-10-8-9-18(14-19)23(31)29-22(11-13-38-6)24(32)35-5;1-23(2,3)31-22(29)33-18-12-17(25-14-18)13-24-16-8-6-7-15(11-16)20(27)26-19(9-10-32-5)21(28)30-4;1-5-6-19-12(17)16-9-11(7-10(16)8-15)21-13(18)20-14(2,3)4;1-20-13(17)11(6-7-21-2)15-12(16)9-4-3-5-10(8-9)22(14,18)19;;2*1-3-2/h7-10,14,20-22,28H,1,11-13,15-17H2,2-6H3,(H,29,31);6-8,11,17-19,24-25H,9-10,12-14H2,1-5H3,(H,26,27);5,10-11H,1,6-9,15H2,2-4H3;3-5,8,11H,6-7H2,1-2H3,(H,15,16);1H4;;/t20-,21?,22?;17-,18?,19?;10-,11-;;;;/m000..../s1. The van der Waals surface area contributed by atoms with Crippen molar-refractivity contribution in [1.29, 1.82) is 0 Å². The lowest BCUT2D eigenvalue weighted by molar-refractivity contribution is -0.143. The maximum Gasteiger partial charge on any atom is 0.410 e. The monoisotopic (exact) mass is 1900 g/mol. The van der Waals surface area contributed by atoms with Crippen LogP contribution in [0.4, 0.5) is 35.3 Å². The number of thioether (sulfide) groups is 6. The predicted octanol–water partition coefficient (Wildman–Crippen LogP) is 11.4. The normalized spacial score (nSPS) is 17.0. The molecule has 3 saturated heterocycles. The Bertz CT molecular complexity index is 4020. The molecule has 5 amide bonds. The average Bonchev–Trinajstić information content (AvgIpc) is 1.87. The summed E-state index contributed by atoms with van der Waals surface area (Å²) in [5, 5.41) is 17.1. The Kier molecular flexibility index (Phi) is 57.1. The molecule has 8 N–H and O–H groups in total. The number of methoxy groups -OCH3 is 3. The van der Waals surface area contributed by atoms with Crippen molar-refractivity contribution in [1.82, 2.24) is 31.1 Å². The molecular weight excluding hydrogens is 1790 g/mol. The number of hydrogen-bond acceptors (Lipinski definition) is 35. The second-order valence-corrected chi connectivity index (χ2v) is 38.5. The van der Waals surface area contributed by atoms with Gasteiger partial charge < -0.3 is 85.3 Å². The van der Waals surface area contributed by atoms with Crippen molar-refractivity contribution in [2.45, 2.75) is 182 Å². The average molecular weight is 1910 g/mol. The quantitative estimate of drug-likeness (QED) is 0.0129. The van der Waals surface area contributed by atoms with Gasteiger partial charge in [-0.25, -0.2) is 46.8 Å². The summed E-state index contributed by atoms with van der Waals surface area (Å²) in [4.78, 5) is 137. The molecule has 0 saturated carbocycles. The molecule has 3 heterocycles. The number of likely N-dealkylation sites (tertiary alicyclic amines) is 2. The van der Waals surface area contributed by atoms with Gasteiger partial charge in [-0.1, -0.05) is 50.9 Å². The molecule has 44 heteroatoms. The zero-order chi connectivity index (χ0) is 91.6. The summed E-state index contributed by atoms with van der Waals surface area (Å²) in [5.41, 5.74) is 6.51. The van der Waals surface area contributed by atoms with E-state index in [4.69, 9.17) is 66.4 Å². The van der Waals surface area contributed by atoms with Gasteiger partial charge in [0.2, 0.25) is 0 Å². The fourth-order valence-electron chi connectivity index (χ4n) is 10.9. The highest BCUT2D eigenvalue weighted by Gasteiger charge is 2.40. The molecule has 3 aliphatic rings. The van der Waals surface area contributed by atoms with Crippen LogP contribution >= 0.6 is 81.3 Å². The van der Waals surface area contributed by atoms with Gasteiger partial charge in [0.05, 0.1) is 32.3 Å². The molecular formula is C78H118ClN9O25S9. The van der Waals surface area contributed by atoms with Crippen molar-refractivity contribution in [3.05, 3.63) is 115 Å². The largest absolute Gasteiger partial charge is 0.467 e. The number of carbonyl (C=O) groups excluding carboxylic acids is 11. The van der Waals surface area contributed by atoms with Crippen LogP contribution in [0.3, 0.4) is 0 Å². The van der Waals surface area contributed by atoms with Crippen molar-refractivity contribution in [2.24, 2.45) is 5.73 Å². The number of rotatable bonds is 33. The number of carbonyl (C=O) groups is 11. The zero-order valence-corrected chi connectivity index (χ0v) is 78.5. The number of nitrogens with two attached hydrogens (primary N) is 1. The third-order valence-corrected chi connectivity index (χ3v) is 22.4. The number of amides is 5. The summed E-state index contributed by atoms with van der Waals surface area (Å²) < 4.78 is 96.4. The Morgan fingerprint density at radius 2 is 0.869 bits per heavy atom. The first-order valence-corrected chi connectivity index (χ1v) is 47.8. The lowest BCUT2D eigenvalue weighted by Crippen LogP contribution is -2.42. The molecule has 0 aromatic heterocycles. The third kappa shape index (κ3) is 48.0. The van der Waals surface area contributed by atoms with Gasteiger partial charge in [0.15, 0.2) is 0 Å². The molecule has 3 aromatic rings. The van der Waals surface area contributed by atoms with E-state index in [0.29, 0.717) is 93.1 Å². The number of nitrogens with one attached hydrogen (secondary N) is 6. The summed E-state index contributed by atoms with van der Waals surface area (Å²) in [6.45, 7) is 26.7. The van der Waals surface area contributed by atoms with E-state index in [9.17, 15) is 61.2 Å². The molecule has 3 aromatic carbocycles. The van der Waals surface area contributed by atoms with Crippen LogP contribution in [0.2, 0.25) is 0 Å². The maximum atomic E-state index is 12.9. The number of halogens is 1. The minimum Gasteiger partial charge on any atom is -0.467 e.